The first-order valence-electron chi connectivity index (χ1n) is 8.96. The van der Waals surface area contributed by atoms with Gasteiger partial charge in [-0.15, -0.1) is 0 Å². The Morgan fingerprint density at radius 1 is 1.24 bits per heavy atom. The van der Waals surface area contributed by atoms with Crippen LogP contribution in [0.3, 0.4) is 0 Å². The van der Waals surface area contributed by atoms with Gasteiger partial charge in [0.2, 0.25) is 0 Å². The molecular formula is C20H26N2O3. The number of piperidine rings is 1. The first-order valence-corrected chi connectivity index (χ1v) is 8.96. The zero-order valence-electron chi connectivity index (χ0n) is 14.7. The molecule has 1 N–H and O–H groups in total. The van der Waals surface area contributed by atoms with Crippen LogP contribution in [0.25, 0.3) is 0 Å². The van der Waals surface area contributed by atoms with E-state index < -0.39 is 0 Å². The molecule has 1 aromatic heterocycles. The van der Waals surface area contributed by atoms with Crippen molar-refractivity contribution in [1.29, 1.82) is 0 Å². The van der Waals surface area contributed by atoms with Crippen molar-refractivity contribution in [2.24, 2.45) is 0 Å². The molecular weight excluding hydrogens is 316 g/mol. The Bertz CT molecular complexity index is 663. The van der Waals surface area contributed by atoms with Crippen LogP contribution in [-0.2, 0) is 4.79 Å². The fraction of sp³-hybridized carbons (Fsp3) is 0.450. The number of likely N-dealkylation sites (tertiary alicyclic amines) is 1. The van der Waals surface area contributed by atoms with E-state index in [1.807, 2.05) is 43.3 Å². The molecule has 25 heavy (non-hydrogen) atoms. The minimum atomic E-state index is -0.116. The summed E-state index contributed by atoms with van der Waals surface area (Å²) in [5.41, 5.74) is 1.11. The summed E-state index contributed by atoms with van der Waals surface area (Å²) in [7, 11) is 0. The number of furan rings is 1. The maximum Gasteiger partial charge on any atom is 0.258 e. The molecule has 1 aliphatic rings. The number of hydrogen-bond acceptors (Lipinski definition) is 4. The van der Waals surface area contributed by atoms with E-state index in [0.29, 0.717) is 12.3 Å². The molecule has 0 saturated carbocycles. The molecule has 3 rings (SSSR count). The SMILES string of the molecule is Cc1cccc(OCC(=O)NCC(c2ccco2)N2CCCCC2)c1. The van der Waals surface area contributed by atoms with Crippen molar-refractivity contribution in [3.8, 4) is 5.75 Å². The van der Waals surface area contributed by atoms with Crippen molar-refractivity contribution in [2.75, 3.05) is 26.2 Å². The van der Waals surface area contributed by atoms with E-state index in [2.05, 4.69) is 10.2 Å². The topological polar surface area (TPSA) is 54.7 Å². The molecule has 1 aliphatic heterocycles. The molecule has 2 heterocycles. The molecule has 1 atom stereocenters. The van der Waals surface area contributed by atoms with E-state index in [4.69, 9.17) is 9.15 Å². The second-order valence-corrected chi connectivity index (χ2v) is 6.54. The van der Waals surface area contributed by atoms with Crippen LogP contribution < -0.4 is 10.1 Å². The van der Waals surface area contributed by atoms with Crippen molar-refractivity contribution >= 4 is 5.91 Å². The van der Waals surface area contributed by atoms with Gasteiger partial charge in [-0.05, 0) is 62.7 Å². The molecule has 1 unspecified atom stereocenters. The van der Waals surface area contributed by atoms with E-state index in [1.54, 1.807) is 6.26 Å². The summed E-state index contributed by atoms with van der Waals surface area (Å²) in [6.45, 7) is 4.64. The van der Waals surface area contributed by atoms with Crippen LogP contribution in [0.4, 0.5) is 0 Å². The van der Waals surface area contributed by atoms with Crippen molar-refractivity contribution in [1.82, 2.24) is 10.2 Å². The number of rotatable bonds is 7. The zero-order chi connectivity index (χ0) is 17.5. The molecule has 2 aromatic rings. The smallest absolute Gasteiger partial charge is 0.258 e. The van der Waals surface area contributed by atoms with Gasteiger partial charge in [-0.25, -0.2) is 0 Å². The number of nitrogens with zero attached hydrogens (tertiary/aromatic N) is 1. The van der Waals surface area contributed by atoms with Gasteiger partial charge in [0.15, 0.2) is 6.61 Å². The predicted molar refractivity (Wildman–Crippen MR) is 96.6 cm³/mol. The Kier molecular flexibility index (Phi) is 6.12. The maximum atomic E-state index is 12.2. The lowest BCUT2D eigenvalue weighted by Gasteiger charge is -2.33. The van der Waals surface area contributed by atoms with Gasteiger partial charge in [-0.2, -0.15) is 0 Å². The van der Waals surface area contributed by atoms with Crippen LogP contribution in [-0.4, -0.2) is 37.0 Å². The monoisotopic (exact) mass is 342 g/mol. The number of benzene rings is 1. The molecule has 134 valence electrons. The maximum absolute atomic E-state index is 12.2. The van der Waals surface area contributed by atoms with Crippen LogP contribution in [0.1, 0.15) is 36.6 Å². The summed E-state index contributed by atoms with van der Waals surface area (Å²) >= 11 is 0. The molecule has 5 nitrogen and oxygen atoms in total. The summed E-state index contributed by atoms with van der Waals surface area (Å²) in [6.07, 6.45) is 5.36. The van der Waals surface area contributed by atoms with Gasteiger partial charge in [-0.1, -0.05) is 18.6 Å². The Morgan fingerprint density at radius 3 is 2.80 bits per heavy atom. The van der Waals surface area contributed by atoms with Crippen molar-refractivity contribution in [3.63, 3.8) is 0 Å². The number of carbonyl (C=O) groups excluding carboxylic acids is 1. The van der Waals surface area contributed by atoms with Crippen molar-refractivity contribution in [2.45, 2.75) is 32.2 Å². The average Bonchev–Trinajstić information content (AvgIpc) is 3.15. The third-order valence-corrected chi connectivity index (χ3v) is 4.56. The van der Waals surface area contributed by atoms with Crippen LogP contribution in [0, 0.1) is 6.92 Å². The summed E-state index contributed by atoms with van der Waals surface area (Å²) < 4.78 is 11.2. The molecule has 1 fully saturated rings. The fourth-order valence-electron chi connectivity index (χ4n) is 3.24. The van der Waals surface area contributed by atoms with Crippen molar-refractivity contribution in [3.05, 3.63) is 54.0 Å². The zero-order valence-corrected chi connectivity index (χ0v) is 14.7. The second kappa shape index (κ2) is 8.72. The van der Waals surface area contributed by atoms with E-state index in [0.717, 1.165) is 24.4 Å². The van der Waals surface area contributed by atoms with Crippen molar-refractivity contribution < 1.29 is 13.9 Å². The standard InChI is InChI=1S/C20H26N2O3/c1-16-7-5-8-17(13-16)25-15-20(23)21-14-18(19-9-6-12-24-19)22-10-3-2-4-11-22/h5-9,12-13,18H,2-4,10-11,14-15H2,1H3,(H,21,23). The van der Waals surface area contributed by atoms with E-state index >= 15 is 0 Å². The number of aryl methyl sites for hydroxylation is 1. The van der Waals surface area contributed by atoms with Crippen LogP contribution in [0.5, 0.6) is 5.75 Å². The Hall–Kier alpha value is -2.27. The normalized spacial score (nSPS) is 16.4. The second-order valence-electron chi connectivity index (χ2n) is 6.54. The van der Waals surface area contributed by atoms with E-state index in [1.165, 1.54) is 19.3 Å². The number of ether oxygens (including phenoxy) is 1. The van der Waals surface area contributed by atoms with E-state index in [-0.39, 0.29) is 18.6 Å². The third kappa shape index (κ3) is 5.10. The summed E-state index contributed by atoms with van der Waals surface area (Å²) in [4.78, 5) is 14.6. The minimum Gasteiger partial charge on any atom is -0.484 e. The highest BCUT2D eigenvalue weighted by atomic mass is 16.5. The van der Waals surface area contributed by atoms with Gasteiger partial charge in [0.05, 0.1) is 12.3 Å². The average molecular weight is 342 g/mol. The van der Waals surface area contributed by atoms with Gasteiger partial charge in [-0.3, -0.25) is 9.69 Å². The molecule has 1 amide bonds. The molecule has 5 heteroatoms. The highest BCUT2D eigenvalue weighted by Gasteiger charge is 2.24. The molecule has 1 saturated heterocycles. The fourth-order valence-corrected chi connectivity index (χ4v) is 3.24. The van der Waals surface area contributed by atoms with Gasteiger partial charge < -0.3 is 14.5 Å². The summed E-state index contributed by atoms with van der Waals surface area (Å²) in [5, 5.41) is 2.99. The number of amides is 1. The van der Waals surface area contributed by atoms with Gasteiger partial charge >= 0.3 is 0 Å². The van der Waals surface area contributed by atoms with Crippen LogP contribution in [0.2, 0.25) is 0 Å². The molecule has 1 aromatic carbocycles. The summed E-state index contributed by atoms with van der Waals surface area (Å²) in [6, 6.07) is 11.7. The lowest BCUT2D eigenvalue weighted by molar-refractivity contribution is -0.123. The minimum absolute atomic E-state index is 0.0222. The molecule has 0 spiro atoms. The molecule has 0 bridgehead atoms. The number of carbonyl (C=O) groups is 1. The quantitative estimate of drug-likeness (QED) is 0.839. The Balaban J connectivity index is 1.52. The van der Waals surface area contributed by atoms with Crippen LogP contribution in [0.15, 0.2) is 47.1 Å². The highest BCUT2D eigenvalue weighted by molar-refractivity contribution is 5.77. The highest BCUT2D eigenvalue weighted by Crippen LogP contribution is 2.24. The number of hydrogen-bond donors (Lipinski definition) is 1. The van der Waals surface area contributed by atoms with E-state index in [9.17, 15) is 4.79 Å². The van der Waals surface area contributed by atoms with Gasteiger partial charge in [0.25, 0.3) is 5.91 Å². The number of nitrogens with one attached hydrogen (secondary N) is 1. The van der Waals surface area contributed by atoms with Gasteiger partial charge in [0, 0.05) is 6.54 Å². The summed E-state index contributed by atoms with van der Waals surface area (Å²) in [5.74, 6) is 1.51. The Morgan fingerprint density at radius 2 is 2.08 bits per heavy atom. The predicted octanol–water partition coefficient (Wildman–Crippen LogP) is 3.31. The lowest BCUT2D eigenvalue weighted by Crippen LogP contribution is -2.41. The first kappa shape index (κ1) is 17.5. The molecule has 0 aliphatic carbocycles. The largest absolute Gasteiger partial charge is 0.484 e. The van der Waals surface area contributed by atoms with Crippen LogP contribution >= 0.6 is 0 Å². The Labute approximate surface area is 149 Å². The molecule has 0 radical (unpaired) electrons. The lowest BCUT2D eigenvalue weighted by atomic mass is 10.1. The first-order chi connectivity index (χ1) is 12.2. The van der Waals surface area contributed by atoms with Gasteiger partial charge in [0.1, 0.15) is 11.5 Å². The third-order valence-electron chi connectivity index (χ3n) is 4.56.